The second-order valence-corrected chi connectivity index (χ2v) is 7.94. The van der Waals surface area contributed by atoms with Gasteiger partial charge in [-0.1, -0.05) is 30.3 Å². The topological polar surface area (TPSA) is 79.4 Å². The number of aldehydes is 1. The SMILES string of the molecule is CN(C)CCC(=O)OCc1ccccc1.CN(C)CCC=O.COC(=O)CCCN(C)C. The van der Waals surface area contributed by atoms with Gasteiger partial charge in [-0.05, 0) is 60.8 Å². The summed E-state index contributed by atoms with van der Waals surface area (Å²) in [6.45, 7) is 2.90. The highest BCUT2D eigenvalue weighted by Crippen LogP contribution is 2.01. The molecule has 1 aromatic rings. The summed E-state index contributed by atoms with van der Waals surface area (Å²) in [7, 11) is 13.1. The Bertz CT molecular complexity index is 593. The summed E-state index contributed by atoms with van der Waals surface area (Å²) in [5.41, 5.74) is 1.02. The first kappa shape index (κ1) is 31.9. The maximum absolute atomic E-state index is 11.3. The molecule has 0 aliphatic rings. The van der Waals surface area contributed by atoms with Crippen LogP contribution in [0.4, 0.5) is 0 Å². The Morgan fingerprint density at radius 1 is 0.812 bits per heavy atom. The zero-order chi connectivity index (χ0) is 24.8. The van der Waals surface area contributed by atoms with Gasteiger partial charge in [0.25, 0.3) is 0 Å². The molecular weight excluding hydrogens is 410 g/mol. The van der Waals surface area contributed by atoms with E-state index in [1.807, 2.05) is 87.3 Å². The highest BCUT2D eigenvalue weighted by Gasteiger charge is 2.03. The first-order chi connectivity index (χ1) is 15.1. The molecule has 1 rings (SSSR count). The number of ether oxygens (including phenoxy) is 2. The molecule has 0 saturated carbocycles. The molecule has 0 spiro atoms. The molecule has 0 aromatic heterocycles. The number of nitrogens with zero attached hydrogens (tertiary/aromatic N) is 3. The Hall–Kier alpha value is -2.29. The second-order valence-electron chi connectivity index (χ2n) is 7.94. The van der Waals surface area contributed by atoms with Crippen LogP contribution in [0.3, 0.4) is 0 Å². The van der Waals surface area contributed by atoms with Crippen molar-refractivity contribution < 1.29 is 23.9 Å². The zero-order valence-electron chi connectivity index (χ0n) is 21.0. The van der Waals surface area contributed by atoms with E-state index >= 15 is 0 Å². The van der Waals surface area contributed by atoms with Gasteiger partial charge in [-0.2, -0.15) is 0 Å². The smallest absolute Gasteiger partial charge is 0.307 e. The number of hydrogen-bond donors (Lipinski definition) is 0. The molecule has 0 bridgehead atoms. The fraction of sp³-hybridized carbons (Fsp3) is 0.625. The van der Waals surface area contributed by atoms with Gasteiger partial charge in [-0.15, -0.1) is 0 Å². The lowest BCUT2D eigenvalue weighted by Crippen LogP contribution is -2.17. The molecular formula is C24H43N3O5. The standard InChI is InChI=1S/C12H17NO2.C7H15NO2.C5H11NO/c1-13(2)9-8-12(14)15-10-11-6-4-3-5-7-11;1-8(2)6-4-5-7(9)10-3;1-6(2)4-3-5-7/h3-7H,8-10H2,1-2H3;4-6H2,1-3H3;5H,3-4H2,1-2H3. The van der Waals surface area contributed by atoms with E-state index in [-0.39, 0.29) is 11.9 Å². The van der Waals surface area contributed by atoms with Gasteiger partial charge in [0.15, 0.2) is 0 Å². The second kappa shape index (κ2) is 21.9. The minimum Gasteiger partial charge on any atom is -0.469 e. The average molecular weight is 454 g/mol. The Kier molecular flexibility index (Phi) is 21.9. The van der Waals surface area contributed by atoms with Crippen LogP contribution in [-0.4, -0.2) is 102 Å². The minimum atomic E-state index is -0.146. The number of esters is 2. The van der Waals surface area contributed by atoms with Crippen LogP contribution in [0.5, 0.6) is 0 Å². The van der Waals surface area contributed by atoms with E-state index in [1.54, 1.807) is 0 Å². The number of carbonyl (C=O) groups is 3. The highest BCUT2D eigenvalue weighted by molar-refractivity contribution is 5.69. The molecule has 0 aliphatic heterocycles. The average Bonchev–Trinajstić information content (AvgIpc) is 2.76. The van der Waals surface area contributed by atoms with Gasteiger partial charge in [0.05, 0.1) is 13.5 Å². The van der Waals surface area contributed by atoms with Crippen LogP contribution in [0.25, 0.3) is 0 Å². The molecule has 0 N–H and O–H groups in total. The molecule has 8 heteroatoms. The summed E-state index contributed by atoms with van der Waals surface area (Å²) < 4.78 is 9.59. The summed E-state index contributed by atoms with van der Waals surface area (Å²) in [6.07, 6.45) is 3.42. The van der Waals surface area contributed by atoms with Crippen molar-refractivity contribution in [2.75, 3.05) is 69.0 Å². The molecule has 0 atom stereocenters. The fourth-order valence-electron chi connectivity index (χ4n) is 2.08. The van der Waals surface area contributed by atoms with Gasteiger partial charge in [0.2, 0.25) is 0 Å². The number of rotatable bonds is 12. The molecule has 1 aromatic carbocycles. The maximum atomic E-state index is 11.3. The Labute approximate surface area is 194 Å². The van der Waals surface area contributed by atoms with Crippen molar-refractivity contribution in [3.8, 4) is 0 Å². The van der Waals surface area contributed by atoms with Gasteiger partial charge in [-0.3, -0.25) is 9.59 Å². The fourth-order valence-corrected chi connectivity index (χ4v) is 2.08. The lowest BCUT2D eigenvalue weighted by atomic mass is 10.2. The summed E-state index contributed by atoms with van der Waals surface area (Å²) in [5.74, 6) is -0.269. The predicted octanol–water partition coefficient (Wildman–Crippen LogP) is 2.32. The third kappa shape index (κ3) is 25.7. The van der Waals surface area contributed by atoms with Crippen molar-refractivity contribution in [1.82, 2.24) is 14.7 Å². The van der Waals surface area contributed by atoms with Crippen molar-refractivity contribution in [2.24, 2.45) is 0 Å². The molecule has 0 amide bonds. The molecule has 184 valence electrons. The van der Waals surface area contributed by atoms with Crippen molar-refractivity contribution >= 4 is 18.2 Å². The van der Waals surface area contributed by atoms with Crippen molar-refractivity contribution in [3.63, 3.8) is 0 Å². The molecule has 0 saturated heterocycles. The van der Waals surface area contributed by atoms with Crippen LogP contribution in [0.2, 0.25) is 0 Å². The molecule has 32 heavy (non-hydrogen) atoms. The normalized spacial score (nSPS) is 10.1. The van der Waals surface area contributed by atoms with E-state index in [9.17, 15) is 14.4 Å². The number of benzene rings is 1. The number of carbonyl (C=O) groups excluding carboxylic acids is 3. The third-order valence-electron chi connectivity index (χ3n) is 3.91. The van der Waals surface area contributed by atoms with Crippen LogP contribution >= 0.6 is 0 Å². The Morgan fingerprint density at radius 2 is 1.38 bits per heavy atom. The first-order valence-corrected chi connectivity index (χ1v) is 10.8. The van der Waals surface area contributed by atoms with Gasteiger partial charge in [0.1, 0.15) is 12.9 Å². The van der Waals surface area contributed by atoms with E-state index in [0.717, 1.165) is 37.9 Å². The molecule has 0 fully saturated rings. The van der Waals surface area contributed by atoms with Crippen molar-refractivity contribution in [2.45, 2.75) is 32.3 Å². The molecule has 8 nitrogen and oxygen atoms in total. The van der Waals surface area contributed by atoms with Crippen molar-refractivity contribution in [1.29, 1.82) is 0 Å². The van der Waals surface area contributed by atoms with Gasteiger partial charge < -0.3 is 29.0 Å². The van der Waals surface area contributed by atoms with E-state index in [0.29, 0.717) is 25.9 Å². The van der Waals surface area contributed by atoms with Gasteiger partial charge in [0, 0.05) is 25.9 Å². The molecule has 0 radical (unpaired) electrons. The lowest BCUT2D eigenvalue weighted by molar-refractivity contribution is -0.145. The minimum absolute atomic E-state index is 0.123. The molecule has 0 aliphatic carbocycles. The zero-order valence-corrected chi connectivity index (χ0v) is 21.0. The quantitative estimate of drug-likeness (QED) is 0.352. The van der Waals surface area contributed by atoms with Crippen LogP contribution in [0.1, 0.15) is 31.2 Å². The van der Waals surface area contributed by atoms with Gasteiger partial charge in [-0.25, -0.2) is 0 Å². The van der Waals surface area contributed by atoms with Crippen LogP contribution < -0.4 is 0 Å². The van der Waals surface area contributed by atoms with Gasteiger partial charge >= 0.3 is 11.9 Å². The van der Waals surface area contributed by atoms with Crippen LogP contribution in [0, 0.1) is 0 Å². The summed E-state index contributed by atoms with van der Waals surface area (Å²) in [6, 6.07) is 9.70. The summed E-state index contributed by atoms with van der Waals surface area (Å²) >= 11 is 0. The van der Waals surface area contributed by atoms with E-state index in [2.05, 4.69) is 4.74 Å². The van der Waals surface area contributed by atoms with Crippen molar-refractivity contribution in [3.05, 3.63) is 35.9 Å². The van der Waals surface area contributed by atoms with E-state index < -0.39 is 0 Å². The summed E-state index contributed by atoms with van der Waals surface area (Å²) in [4.78, 5) is 37.5. The van der Waals surface area contributed by atoms with Crippen LogP contribution in [-0.2, 0) is 30.5 Å². The Balaban J connectivity index is 0. The van der Waals surface area contributed by atoms with E-state index in [1.165, 1.54) is 7.11 Å². The lowest BCUT2D eigenvalue weighted by Gasteiger charge is -2.09. The largest absolute Gasteiger partial charge is 0.469 e. The Morgan fingerprint density at radius 3 is 1.81 bits per heavy atom. The molecule has 0 unspecified atom stereocenters. The third-order valence-corrected chi connectivity index (χ3v) is 3.91. The molecule has 0 heterocycles. The summed E-state index contributed by atoms with van der Waals surface area (Å²) in [5, 5.41) is 0. The monoisotopic (exact) mass is 453 g/mol. The first-order valence-electron chi connectivity index (χ1n) is 10.8. The maximum Gasteiger partial charge on any atom is 0.307 e. The number of methoxy groups -OCH3 is 1. The highest BCUT2D eigenvalue weighted by atomic mass is 16.5. The van der Waals surface area contributed by atoms with Crippen LogP contribution in [0.15, 0.2) is 30.3 Å². The number of hydrogen-bond acceptors (Lipinski definition) is 8. The van der Waals surface area contributed by atoms with E-state index in [4.69, 9.17) is 4.74 Å². The predicted molar refractivity (Wildman–Crippen MR) is 128 cm³/mol.